The van der Waals surface area contributed by atoms with Gasteiger partial charge in [-0.15, -0.1) is 0 Å². The molecule has 100 valence electrons. The van der Waals surface area contributed by atoms with Crippen molar-refractivity contribution in [3.05, 3.63) is 0 Å². The number of rotatable bonds is 2. The second-order valence-corrected chi connectivity index (χ2v) is 4.46. The van der Waals surface area contributed by atoms with Gasteiger partial charge in [-0.3, -0.25) is 0 Å². The van der Waals surface area contributed by atoms with E-state index in [0.29, 0.717) is 0 Å². The molecule has 0 fully saturated rings. The van der Waals surface area contributed by atoms with Gasteiger partial charge in [-0.1, -0.05) is 18.7 Å². The van der Waals surface area contributed by atoms with Crippen LogP contribution in [-0.4, -0.2) is 41.3 Å². The van der Waals surface area contributed by atoms with Gasteiger partial charge in [0.1, 0.15) is 0 Å². The minimum absolute atomic E-state index is 0.0152. The molecule has 0 radical (unpaired) electrons. The highest BCUT2D eigenvalue weighted by molar-refractivity contribution is 8.13. The van der Waals surface area contributed by atoms with Crippen molar-refractivity contribution in [3.8, 4) is 0 Å². The number of amidine groups is 1. The summed E-state index contributed by atoms with van der Waals surface area (Å²) in [7, 11) is 0. The molecule has 0 aromatic heterocycles. The number of alkyl halides is 3. The van der Waals surface area contributed by atoms with E-state index in [1.54, 1.807) is 13.2 Å². The average molecular weight is 272 g/mol. The van der Waals surface area contributed by atoms with Crippen LogP contribution in [0.5, 0.6) is 0 Å². The number of nitrogens with one attached hydrogen (secondary N) is 1. The lowest BCUT2D eigenvalue weighted by Gasteiger charge is -2.42. The highest BCUT2D eigenvalue weighted by atomic mass is 32.2. The zero-order valence-electron chi connectivity index (χ0n) is 9.71. The van der Waals surface area contributed by atoms with Gasteiger partial charge in [0.05, 0.1) is 5.92 Å². The molecule has 0 spiro atoms. The maximum Gasteiger partial charge on any atom is 0.436 e. The lowest BCUT2D eigenvalue weighted by atomic mass is 9.94. The first kappa shape index (κ1) is 14.6. The van der Waals surface area contributed by atoms with Crippen molar-refractivity contribution in [2.24, 2.45) is 10.9 Å². The number of hydrogen-bond donors (Lipinski definition) is 2. The first-order chi connectivity index (χ1) is 7.76. The summed E-state index contributed by atoms with van der Waals surface area (Å²) >= 11 is 0.995. The third-order valence-corrected chi connectivity index (χ3v) is 3.19. The molecule has 1 heterocycles. The van der Waals surface area contributed by atoms with Crippen LogP contribution in [0, 0.1) is 5.92 Å². The lowest BCUT2D eigenvalue weighted by molar-refractivity contribution is -0.297. The largest absolute Gasteiger partial charge is 0.436 e. The van der Waals surface area contributed by atoms with Gasteiger partial charge in [0, 0.05) is 6.61 Å². The van der Waals surface area contributed by atoms with Crippen molar-refractivity contribution in [1.29, 1.82) is 0 Å². The Morgan fingerprint density at radius 3 is 2.59 bits per heavy atom. The number of thioether (sulfide) groups is 1. The molecule has 17 heavy (non-hydrogen) atoms. The van der Waals surface area contributed by atoms with Crippen molar-refractivity contribution >= 4 is 16.9 Å². The summed E-state index contributed by atoms with van der Waals surface area (Å²) in [5.74, 6) is -1.22. The number of nitrogens with zero attached hydrogens (tertiary/aromatic N) is 1. The molecule has 0 saturated heterocycles. The topological polar surface area (TPSA) is 53.8 Å². The lowest BCUT2D eigenvalue weighted by Crippen LogP contribution is -2.67. The number of aliphatic imine (C=N–C) groups is 1. The molecular formula is C9H15F3N2O2S. The van der Waals surface area contributed by atoms with Gasteiger partial charge in [-0.25, -0.2) is 4.99 Å². The number of halogens is 3. The maximum atomic E-state index is 12.9. The highest BCUT2D eigenvalue weighted by Crippen LogP contribution is 2.39. The first-order valence-electron chi connectivity index (χ1n) is 5.07. The molecule has 4 nitrogen and oxygen atoms in total. The molecule has 0 aliphatic carbocycles. The van der Waals surface area contributed by atoms with E-state index in [4.69, 9.17) is 4.74 Å². The second kappa shape index (κ2) is 5.03. The van der Waals surface area contributed by atoms with Gasteiger partial charge in [-0.05, 0) is 13.2 Å². The fraction of sp³-hybridized carbons (Fsp3) is 0.889. The molecule has 0 unspecified atom stereocenters. The van der Waals surface area contributed by atoms with Gasteiger partial charge < -0.3 is 15.2 Å². The van der Waals surface area contributed by atoms with Crippen molar-refractivity contribution in [3.63, 3.8) is 0 Å². The zero-order chi connectivity index (χ0) is 13.3. The predicted molar refractivity (Wildman–Crippen MR) is 59.7 cm³/mol. The zero-order valence-corrected chi connectivity index (χ0v) is 10.5. The van der Waals surface area contributed by atoms with Gasteiger partial charge in [-0.2, -0.15) is 13.2 Å². The molecule has 0 saturated carbocycles. The summed E-state index contributed by atoms with van der Waals surface area (Å²) in [6, 6.07) is 0. The Kier molecular flexibility index (Phi) is 4.32. The van der Waals surface area contributed by atoms with E-state index in [9.17, 15) is 18.3 Å². The van der Waals surface area contributed by atoms with Crippen LogP contribution in [0.25, 0.3) is 0 Å². The summed E-state index contributed by atoms with van der Waals surface area (Å²) < 4.78 is 43.7. The van der Waals surface area contributed by atoms with Crippen molar-refractivity contribution < 1.29 is 23.0 Å². The van der Waals surface area contributed by atoms with Crippen LogP contribution >= 0.6 is 11.8 Å². The molecule has 0 amide bonds. The third-order valence-electron chi connectivity index (χ3n) is 2.59. The van der Waals surface area contributed by atoms with Gasteiger partial charge in [0.15, 0.2) is 11.4 Å². The normalized spacial score (nSPS) is 34.2. The van der Waals surface area contributed by atoms with Gasteiger partial charge in [0.25, 0.3) is 0 Å². The minimum atomic E-state index is -4.79. The van der Waals surface area contributed by atoms with Gasteiger partial charge >= 0.3 is 6.18 Å². The van der Waals surface area contributed by atoms with Crippen LogP contribution in [0.3, 0.4) is 0 Å². The van der Waals surface area contributed by atoms with Crippen molar-refractivity contribution in [1.82, 2.24) is 5.32 Å². The Balaban J connectivity index is 3.07. The number of hydrogen-bond acceptors (Lipinski definition) is 5. The smallest absolute Gasteiger partial charge is 0.363 e. The molecule has 0 aromatic rings. The Morgan fingerprint density at radius 2 is 2.18 bits per heavy atom. The van der Waals surface area contributed by atoms with Crippen LogP contribution in [0.1, 0.15) is 13.8 Å². The van der Waals surface area contributed by atoms with E-state index in [0.717, 1.165) is 11.8 Å². The molecule has 1 aliphatic heterocycles. The van der Waals surface area contributed by atoms with Crippen LogP contribution in [0.15, 0.2) is 4.99 Å². The summed E-state index contributed by atoms with van der Waals surface area (Å²) in [4.78, 5) is 3.97. The predicted octanol–water partition coefficient (Wildman–Crippen LogP) is 1.56. The van der Waals surface area contributed by atoms with Crippen LogP contribution in [-0.2, 0) is 4.74 Å². The summed E-state index contributed by atoms with van der Waals surface area (Å²) in [6.45, 7) is 3.14. The molecule has 0 bridgehead atoms. The highest BCUT2D eigenvalue weighted by Gasteiger charge is 2.61. The SMILES string of the molecule is CCO[C@@H]1N=C(SC)N[C@](O)(C(F)(F)F)[C@H]1C. The molecule has 1 aliphatic rings. The summed E-state index contributed by atoms with van der Waals surface area (Å²) in [6.07, 6.45) is -4.23. The quantitative estimate of drug-likeness (QED) is 0.801. The number of ether oxygens (including phenoxy) is 1. The molecule has 3 atom stereocenters. The fourth-order valence-electron chi connectivity index (χ4n) is 1.53. The average Bonchev–Trinajstić information content (AvgIpc) is 2.23. The minimum Gasteiger partial charge on any atom is -0.363 e. The molecular weight excluding hydrogens is 257 g/mol. The summed E-state index contributed by atoms with van der Waals surface area (Å²) in [5.41, 5.74) is -3.01. The monoisotopic (exact) mass is 272 g/mol. The fourth-order valence-corrected chi connectivity index (χ4v) is 1.99. The van der Waals surface area contributed by atoms with E-state index in [-0.39, 0.29) is 11.8 Å². The maximum absolute atomic E-state index is 12.9. The van der Waals surface area contributed by atoms with Crippen LogP contribution in [0.4, 0.5) is 13.2 Å². The first-order valence-corrected chi connectivity index (χ1v) is 6.29. The van der Waals surface area contributed by atoms with Gasteiger partial charge in [0.2, 0.25) is 5.72 Å². The Hall–Kier alpha value is -0.470. The van der Waals surface area contributed by atoms with E-state index in [1.165, 1.54) is 6.92 Å². The third kappa shape index (κ3) is 2.69. The second-order valence-electron chi connectivity index (χ2n) is 3.66. The molecule has 0 aromatic carbocycles. The van der Waals surface area contributed by atoms with Crippen molar-refractivity contribution in [2.45, 2.75) is 32.0 Å². The Bertz CT molecular complexity index is 311. The van der Waals surface area contributed by atoms with Crippen LogP contribution in [0.2, 0.25) is 0 Å². The van der Waals surface area contributed by atoms with Crippen molar-refractivity contribution in [2.75, 3.05) is 12.9 Å². The van der Waals surface area contributed by atoms with E-state index < -0.39 is 24.0 Å². The standard InChI is InChI=1S/C9H15F3N2O2S/c1-4-16-6-5(2)8(15,9(10,11)12)14-7(13-6)17-3/h5-6,15H,4H2,1-3H3,(H,13,14)/t5-,6-,8+/m0/s1. The molecule has 8 heteroatoms. The van der Waals surface area contributed by atoms with Crippen LogP contribution < -0.4 is 5.32 Å². The number of aliphatic hydroxyl groups is 1. The van der Waals surface area contributed by atoms with E-state index in [2.05, 4.69) is 4.99 Å². The van der Waals surface area contributed by atoms with E-state index >= 15 is 0 Å². The summed E-state index contributed by atoms with van der Waals surface area (Å²) in [5, 5.41) is 11.8. The Labute approximate surface area is 102 Å². The molecule has 2 N–H and O–H groups in total. The van der Waals surface area contributed by atoms with E-state index in [1.807, 2.05) is 5.32 Å². The Morgan fingerprint density at radius 1 is 1.59 bits per heavy atom. The molecule has 1 rings (SSSR count).